The largest absolute Gasteiger partial charge is 0.269 e. The normalized spacial score (nSPS) is 10.7. The van der Waals surface area contributed by atoms with Crippen molar-refractivity contribution in [2.45, 2.75) is 4.90 Å². The van der Waals surface area contributed by atoms with Crippen molar-refractivity contribution in [1.82, 2.24) is 0 Å². The van der Waals surface area contributed by atoms with Crippen LogP contribution in [0.2, 0.25) is 0 Å². The van der Waals surface area contributed by atoms with Crippen LogP contribution in [0.1, 0.15) is 5.56 Å². The highest BCUT2D eigenvalue weighted by atomic mass is 32.2. The van der Waals surface area contributed by atoms with Gasteiger partial charge in [0.1, 0.15) is 0 Å². The Kier molecular flexibility index (Phi) is 3.54. The second-order valence-corrected chi connectivity index (χ2v) is 5.92. The van der Waals surface area contributed by atoms with E-state index in [0.717, 1.165) is 0 Å². The SMILES string of the molecule is CN(c1ccccc1)S(=O)(=O)c1cccc(C#N)c1. The minimum atomic E-state index is -3.64. The maximum atomic E-state index is 12.4. The van der Waals surface area contributed by atoms with Crippen LogP contribution in [0.5, 0.6) is 0 Å². The number of sulfonamides is 1. The molecule has 0 aliphatic heterocycles. The molecule has 4 nitrogen and oxygen atoms in total. The van der Waals surface area contributed by atoms with Crippen LogP contribution in [-0.4, -0.2) is 15.5 Å². The van der Waals surface area contributed by atoms with Gasteiger partial charge < -0.3 is 0 Å². The van der Waals surface area contributed by atoms with E-state index in [9.17, 15) is 8.42 Å². The lowest BCUT2D eigenvalue weighted by molar-refractivity contribution is 0.594. The molecule has 0 aliphatic rings. The van der Waals surface area contributed by atoms with Gasteiger partial charge in [0.2, 0.25) is 0 Å². The Morgan fingerprint density at radius 3 is 2.37 bits per heavy atom. The predicted molar refractivity (Wildman–Crippen MR) is 73.2 cm³/mol. The van der Waals surface area contributed by atoms with Crippen LogP contribution in [0, 0.1) is 11.3 Å². The third-order valence-electron chi connectivity index (χ3n) is 2.74. The Morgan fingerprint density at radius 1 is 1.05 bits per heavy atom. The fourth-order valence-electron chi connectivity index (χ4n) is 1.66. The molecule has 0 atom stereocenters. The second kappa shape index (κ2) is 5.12. The minimum absolute atomic E-state index is 0.109. The summed E-state index contributed by atoms with van der Waals surface area (Å²) in [5.74, 6) is 0. The molecule has 0 saturated carbocycles. The maximum absolute atomic E-state index is 12.4. The van der Waals surface area contributed by atoms with Gasteiger partial charge in [0.05, 0.1) is 22.2 Å². The van der Waals surface area contributed by atoms with Crippen molar-refractivity contribution >= 4 is 15.7 Å². The standard InChI is InChI=1S/C14H12N2O2S/c1-16(13-7-3-2-4-8-13)19(17,18)14-9-5-6-12(10-14)11-15/h2-10H,1H3. The molecule has 0 fully saturated rings. The lowest BCUT2D eigenvalue weighted by Gasteiger charge is -2.19. The van der Waals surface area contributed by atoms with Gasteiger partial charge in [-0.2, -0.15) is 5.26 Å². The molecule has 96 valence electrons. The second-order valence-electron chi connectivity index (χ2n) is 3.95. The minimum Gasteiger partial charge on any atom is -0.269 e. The van der Waals surface area contributed by atoms with Crippen molar-refractivity contribution in [1.29, 1.82) is 5.26 Å². The average Bonchev–Trinajstić information content (AvgIpc) is 2.47. The van der Waals surface area contributed by atoms with Crippen molar-refractivity contribution in [2.75, 3.05) is 11.4 Å². The summed E-state index contributed by atoms with van der Waals surface area (Å²) in [4.78, 5) is 0.109. The molecule has 0 aliphatic carbocycles. The van der Waals surface area contributed by atoms with Gasteiger partial charge in [0, 0.05) is 7.05 Å². The van der Waals surface area contributed by atoms with Crippen molar-refractivity contribution in [3.63, 3.8) is 0 Å². The van der Waals surface area contributed by atoms with Crippen molar-refractivity contribution in [3.8, 4) is 6.07 Å². The van der Waals surface area contributed by atoms with Crippen LogP contribution in [0.25, 0.3) is 0 Å². The summed E-state index contributed by atoms with van der Waals surface area (Å²) in [6.07, 6.45) is 0. The highest BCUT2D eigenvalue weighted by molar-refractivity contribution is 7.92. The van der Waals surface area contributed by atoms with E-state index in [-0.39, 0.29) is 4.90 Å². The topological polar surface area (TPSA) is 61.2 Å². The molecule has 5 heteroatoms. The zero-order valence-corrected chi connectivity index (χ0v) is 11.1. The molecule has 2 aromatic rings. The maximum Gasteiger partial charge on any atom is 0.264 e. The number of nitriles is 1. The molecule has 0 spiro atoms. The molecule has 0 unspecified atom stereocenters. The molecule has 0 heterocycles. The third kappa shape index (κ3) is 2.59. The van der Waals surface area contributed by atoms with E-state index in [1.807, 2.05) is 12.1 Å². The fraction of sp³-hybridized carbons (Fsp3) is 0.0714. The van der Waals surface area contributed by atoms with E-state index >= 15 is 0 Å². The Labute approximate surface area is 112 Å². The summed E-state index contributed by atoms with van der Waals surface area (Å²) in [5, 5.41) is 8.82. The third-order valence-corrected chi connectivity index (χ3v) is 4.52. The molecule has 0 saturated heterocycles. The number of benzene rings is 2. The van der Waals surface area contributed by atoms with Crippen molar-refractivity contribution in [3.05, 3.63) is 60.2 Å². The number of rotatable bonds is 3. The van der Waals surface area contributed by atoms with E-state index in [2.05, 4.69) is 0 Å². The van der Waals surface area contributed by atoms with Crippen molar-refractivity contribution in [2.24, 2.45) is 0 Å². The molecule has 2 aromatic carbocycles. The van der Waals surface area contributed by atoms with Gasteiger partial charge in [-0.25, -0.2) is 8.42 Å². The molecule has 0 radical (unpaired) electrons. The van der Waals surface area contributed by atoms with Gasteiger partial charge >= 0.3 is 0 Å². The van der Waals surface area contributed by atoms with Crippen molar-refractivity contribution < 1.29 is 8.42 Å². The Bertz CT molecular complexity index is 719. The monoisotopic (exact) mass is 272 g/mol. The molecule has 0 aromatic heterocycles. The summed E-state index contributed by atoms with van der Waals surface area (Å²) in [7, 11) is -2.15. The van der Waals surface area contributed by atoms with Crippen LogP contribution in [0.4, 0.5) is 5.69 Å². The number of para-hydroxylation sites is 1. The Hall–Kier alpha value is -2.32. The van der Waals surface area contributed by atoms with Gasteiger partial charge in [0.25, 0.3) is 10.0 Å². The number of hydrogen-bond donors (Lipinski definition) is 0. The van der Waals surface area contributed by atoms with Gasteiger partial charge in [-0.15, -0.1) is 0 Å². The molecule has 0 N–H and O–H groups in total. The zero-order valence-electron chi connectivity index (χ0n) is 10.3. The molecular formula is C14H12N2O2S. The zero-order chi connectivity index (χ0) is 13.9. The van der Waals surface area contributed by atoms with E-state index in [1.165, 1.54) is 23.5 Å². The first-order valence-electron chi connectivity index (χ1n) is 5.60. The Morgan fingerprint density at radius 2 is 1.74 bits per heavy atom. The highest BCUT2D eigenvalue weighted by Gasteiger charge is 2.21. The van der Waals surface area contributed by atoms with Gasteiger partial charge in [-0.1, -0.05) is 24.3 Å². The summed E-state index contributed by atoms with van der Waals surface area (Å²) in [5.41, 5.74) is 0.896. The van der Waals surface area contributed by atoms with Crippen LogP contribution in [0.3, 0.4) is 0 Å². The van der Waals surface area contributed by atoms with Crippen LogP contribution >= 0.6 is 0 Å². The lowest BCUT2D eigenvalue weighted by atomic mass is 10.2. The quantitative estimate of drug-likeness (QED) is 0.861. The van der Waals surface area contributed by atoms with E-state index in [1.54, 1.807) is 36.4 Å². The smallest absolute Gasteiger partial charge is 0.264 e. The number of hydrogen-bond acceptors (Lipinski definition) is 3. The van der Waals surface area contributed by atoms with E-state index in [4.69, 9.17) is 5.26 Å². The fourth-order valence-corrected chi connectivity index (χ4v) is 2.90. The Balaban J connectivity index is 2.46. The van der Waals surface area contributed by atoms with Gasteiger partial charge in [0.15, 0.2) is 0 Å². The summed E-state index contributed by atoms with van der Waals surface area (Å²) >= 11 is 0. The number of nitrogens with zero attached hydrogens (tertiary/aromatic N) is 2. The van der Waals surface area contributed by atoms with Gasteiger partial charge in [-0.05, 0) is 30.3 Å². The molecule has 19 heavy (non-hydrogen) atoms. The highest BCUT2D eigenvalue weighted by Crippen LogP contribution is 2.21. The first-order valence-corrected chi connectivity index (χ1v) is 7.04. The summed E-state index contributed by atoms with van der Waals surface area (Å²) in [6, 6.07) is 16.7. The van der Waals surface area contributed by atoms with Crippen LogP contribution < -0.4 is 4.31 Å². The average molecular weight is 272 g/mol. The summed E-state index contributed by atoms with van der Waals surface area (Å²) in [6.45, 7) is 0. The van der Waals surface area contributed by atoms with E-state index < -0.39 is 10.0 Å². The first-order chi connectivity index (χ1) is 9.05. The van der Waals surface area contributed by atoms with E-state index in [0.29, 0.717) is 11.3 Å². The van der Waals surface area contributed by atoms with Gasteiger partial charge in [-0.3, -0.25) is 4.31 Å². The van der Waals surface area contributed by atoms with Crippen LogP contribution in [0.15, 0.2) is 59.5 Å². The molecule has 0 amide bonds. The molecule has 0 bridgehead atoms. The first kappa shape index (κ1) is 13.1. The number of anilines is 1. The summed E-state index contributed by atoms with van der Waals surface area (Å²) < 4.78 is 26.0. The molecular weight excluding hydrogens is 260 g/mol. The predicted octanol–water partition coefficient (Wildman–Crippen LogP) is 2.38. The lowest BCUT2D eigenvalue weighted by Crippen LogP contribution is -2.26. The van der Waals surface area contributed by atoms with Crippen LogP contribution in [-0.2, 0) is 10.0 Å². The molecule has 2 rings (SSSR count).